The van der Waals surface area contributed by atoms with Gasteiger partial charge in [0.2, 0.25) is 0 Å². The molecule has 0 radical (unpaired) electrons. The molecule has 3 heterocycles. The van der Waals surface area contributed by atoms with Crippen LogP contribution in [0, 0.1) is 10.8 Å². The zero-order valence-electron chi connectivity index (χ0n) is 20.8. The first-order chi connectivity index (χ1) is 17.8. The van der Waals surface area contributed by atoms with Crippen LogP contribution in [0.25, 0.3) is 10.9 Å². The molecule has 2 aromatic heterocycles. The van der Waals surface area contributed by atoms with Gasteiger partial charge < -0.3 is 25.0 Å². The molecular weight excluding hydrogens is 468 g/mol. The van der Waals surface area contributed by atoms with Gasteiger partial charge in [0.1, 0.15) is 0 Å². The van der Waals surface area contributed by atoms with E-state index >= 15 is 0 Å². The third-order valence-corrected chi connectivity index (χ3v) is 9.54. The summed E-state index contributed by atoms with van der Waals surface area (Å²) in [6.07, 6.45) is 9.34. The average Bonchev–Trinajstić information content (AvgIpc) is 3.48. The van der Waals surface area contributed by atoms with Crippen LogP contribution in [-0.4, -0.2) is 56.4 Å². The van der Waals surface area contributed by atoms with E-state index in [4.69, 9.17) is 0 Å². The van der Waals surface area contributed by atoms with Crippen molar-refractivity contribution in [2.75, 3.05) is 18.0 Å². The maximum atomic E-state index is 13.6. The van der Waals surface area contributed by atoms with Crippen LogP contribution >= 0.6 is 0 Å². The normalized spacial score (nSPS) is 29.3. The molecule has 2 bridgehead atoms. The number of carbonyl (C=O) groups is 2. The van der Waals surface area contributed by atoms with Gasteiger partial charge in [-0.15, -0.1) is 0 Å². The molecule has 8 nitrogen and oxygen atoms in total. The molecule has 3 N–H and O–H groups in total. The number of carboxylic acid groups (broad SMARTS) is 1. The summed E-state index contributed by atoms with van der Waals surface area (Å²) in [6, 6.07) is 11.9. The fourth-order valence-corrected chi connectivity index (χ4v) is 7.36. The molecule has 192 valence electrons. The van der Waals surface area contributed by atoms with Gasteiger partial charge in [0, 0.05) is 30.2 Å². The first-order valence-electron chi connectivity index (χ1n) is 13.3. The highest BCUT2D eigenvalue weighted by molar-refractivity contribution is 6.06. The Hall–Kier alpha value is -3.39. The number of carboxylic acids is 1. The fraction of sp³-hybridized carbons (Fsp3) is 0.483. The molecule has 4 aliphatic carbocycles. The van der Waals surface area contributed by atoms with Gasteiger partial charge in [-0.1, -0.05) is 12.1 Å². The Morgan fingerprint density at radius 1 is 1.11 bits per heavy atom. The molecule has 1 aromatic carbocycles. The Morgan fingerprint density at radius 2 is 1.92 bits per heavy atom. The standard InChI is InChI=1S/C29H32N4O4/c34-22-4-2-11-32(15-22)21-7-6-20(30-13-21)14-33-12-8-19-3-1-5-23(24(19)33)25(35)31-29(9-10-29)28-16-27(17-28,18-28)26(36)37/h1,3,5-8,12-13,22,34H,2,4,9-11,14-18H2,(H,31,35)(H,36,37). The van der Waals surface area contributed by atoms with Crippen LogP contribution in [0.5, 0.6) is 0 Å². The zero-order valence-corrected chi connectivity index (χ0v) is 20.8. The van der Waals surface area contributed by atoms with Crippen molar-refractivity contribution < 1.29 is 19.8 Å². The number of nitrogens with one attached hydrogen (secondary N) is 1. The number of fused-ring (bicyclic) bond motifs is 1. The highest BCUT2D eigenvalue weighted by Gasteiger charge is 2.81. The summed E-state index contributed by atoms with van der Waals surface area (Å²) in [4.78, 5) is 32.0. The Kier molecular flexibility index (Phi) is 4.81. The van der Waals surface area contributed by atoms with E-state index in [9.17, 15) is 19.8 Å². The van der Waals surface area contributed by atoms with Crippen LogP contribution in [-0.2, 0) is 11.3 Å². The van der Waals surface area contributed by atoms with Crippen LogP contribution in [0.2, 0.25) is 0 Å². The van der Waals surface area contributed by atoms with Crippen molar-refractivity contribution >= 4 is 28.5 Å². The first kappa shape index (κ1) is 22.8. The van der Waals surface area contributed by atoms with Gasteiger partial charge >= 0.3 is 5.97 Å². The molecule has 0 spiro atoms. The molecule has 5 fully saturated rings. The summed E-state index contributed by atoms with van der Waals surface area (Å²) in [7, 11) is 0. The number of carbonyl (C=O) groups excluding carboxylic acids is 1. The maximum absolute atomic E-state index is 13.6. The number of β-amino-alcohol motifs (C(OH)–C–C–N with tert-alkyl or cyclic N) is 1. The van der Waals surface area contributed by atoms with Crippen LogP contribution in [0.4, 0.5) is 5.69 Å². The lowest BCUT2D eigenvalue weighted by Crippen LogP contribution is -2.73. The molecule has 8 heteroatoms. The number of anilines is 1. The Balaban J connectivity index is 1.10. The number of nitrogens with zero attached hydrogens (tertiary/aromatic N) is 3. The second-order valence-corrected chi connectivity index (χ2v) is 11.9. The molecule has 8 rings (SSSR count). The van der Waals surface area contributed by atoms with Crippen LogP contribution in [0.1, 0.15) is 61.0 Å². The van der Waals surface area contributed by atoms with Gasteiger partial charge in [0.15, 0.2) is 0 Å². The monoisotopic (exact) mass is 500 g/mol. The summed E-state index contributed by atoms with van der Waals surface area (Å²) in [5.74, 6) is -0.765. The molecule has 1 unspecified atom stereocenters. The number of para-hydroxylation sites is 1. The number of aromatic nitrogens is 2. The number of aliphatic hydroxyl groups is 1. The van der Waals surface area contributed by atoms with Gasteiger partial charge in [-0.3, -0.25) is 14.6 Å². The number of pyridine rings is 1. The van der Waals surface area contributed by atoms with Gasteiger partial charge in [-0.25, -0.2) is 0 Å². The number of aliphatic hydroxyl groups excluding tert-OH is 1. The van der Waals surface area contributed by atoms with E-state index in [2.05, 4.69) is 25.8 Å². The molecular formula is C29H32N4O4. The molecule has 5 aliphatic rings. The lowest BCUT2D eigenvalue weighted by Gasteiger charge is -2.71. The van der Waals surface area contributed by atoms with Crippen LogP contribution in [0.3, 0.4) is 0 Å². The number of rotatable bonds is 7. The van der Waals surface area contributed by atoms with Gasteiger partial charge in [-0.05, 0) is 74.6 Å². The minimum atomic E-state index is -0.686. The Bertz CT molecular complexity index is 1390. The van der Waals surface area contributed by atoms with E-state index in [-0.39, 0.29) is 23.0 Å². The number of amides is 1. The second kappa shape index (κ2) is 7.81. The van der Waals surface area contributed by atoms with Crippen molar-refractivity contribution in [3.63, 3.8) is 0 Å². The summed E-state index contributed by atoms with van der Waals surface area (Å²) in [5, 5.41) is 23.9. The van der Waals surface area contributed by atoms with Crippen molar-refractivity contribution in [1.29, 1.82) is 0 Å². The fourth-order valence-electron chi connectivity index (χ4n) is 7.36. The van der Waals surface area contributed by atoms with Crippen molar-refractivity contribution in [3.8, 4) is 0 Å². The van der Waals surface area contributed by atoms with Crippen LogP contribution < -0.4 is 10.2 Å². The van der Waals surface area contributed by atoms with Crippen molar-refractivity contribution in [1.82, 2.24) is 14.9 Å². The molecule has 1 amide bonds. The Labute approximate surface area is 215 Å². The van der Waals surface area contributed by atoms with E-state index in [1.807, 2.05) is 42.7 Å². The maximum Gasteiger partial charge on any atom is 0.309 e. The predicted molar refractivity (Wildman–Crippen MR) is 139 cm³/mol. The van der Waals surface area contributed by atoms with E-state index in [1.54, 1.807) is 0 Å². The number of piperidine rings is 1. The topological polar surface area (TPSA) is 108 Å². The van der Waals surface area contributed by atoms with Gasteiger partial charge in [0.25, 0.3) is 5.91 Å². The predicted octanol–water partition coefficient (Wildman–Crippen LogP) is 3.56. The third-order valence-electron chi connectivity index (χ3n) is 9.54. The summed E-state index contributed by atoms with van der Waals surface area (Å²) in [5.41, 5.74) is 2.64. The largest absolute Gasteiger partial charge is 0.481 e. The lowest BCUT2D eigenvalue weighted by molar-refractivity contribution is -0.236. The van der Waals surface area contributed by atoms with E-state index in [0.717, 1.165) is 54.5 Å². The van der Waals surface area contributed by atoms with Crippen molar-refractivity contribution in [3.05, 3.63) is 60.0 Å². The van der Waals surface area contributed by atoms with E-state index < -0.39 is 11.4 Å². The summed E-state index contributed by atoms with van der Waals surface area (Å²) in [6.45, 7) is 2.12. The quantitative estimate of drug-likeness (QED) is 0.458. The zero-order chi connectivity index (χ0) is 25.4. The smallest absolute Gasteiger partial charge is 0.309 e. The first-order valence-corrected chi connectivity index (χ1v) is 13.3. The SMILES string of the molecule is O=C(NC1(C23CC(C(=O)O)(C2)C3)CC1)c1cccc2ccn(Cc3ccc(N4CCCC(O)C4)cn3)c12. The number of benzene rings is 1. The molecule has 3 aromatic rings. The highest BCUT2D eigenvalue weighted by Crippen LogP contribution is 2.81. The van der Waals surface area contributed by atoms with E-state index in [0.29, 0.717) is 37.9 Å². The van der Waals surface area contributed by atoms with Gasteiger partial charge in [-0.2, -0.15) is 0 Å². The number of hydrogen-bond donors (Lipinski definition) is 3. The molecule has 1 saturated heterocycles. The minimum Gasteiger partial charge on any atom is -0.481 e. The third kappa shape index (κ3) is 3.41. The van der Waals surface area contributed by atoms with Crippen LogP contribution in [0.15, 0.2) is 48.8 Å². The molecule has 1 aliphatic heterocycles. The average molecular weight is 501 g/mol. The number of hydrogen-bond acceptors (Lipinski definition) is 5. The summed E-state index contributed by atoms with van der Waals surface area (Å²) >= 11 is 0. The minimum absolute atomic E-state index is 0.0347. The molecule has 1 atom stereocenters. The second-order valence-electron chi connectivity index (χ2n) is 11.9. The van der Waals surface area contributed by atoms with Crippen molar-refractivity contribution in [2.24, 2.45) is 10.8 Å². The van der Waals surface area contributed by atoms with Gasteiger partial charge in [0.05, 0.1) is 46.7 Å². The molecule has 37 heavy (non-hydrogen) atoms. The highest BCUT2D eigenvalue weighted by atomic mass is 16.4. The lowest BCUT2D eigenvalue weighted by atomic mass is 9.32. The number of aliphatic carboxylic acids is 1. The van der Waals surface area contributed by atoms with E-state index in [1.165, 1.54) is 0 Å². The summed E-state index contributed by atoms with van der Waals surface area (Å²) < 4.78 is 2.08. The molecule has 4 saturated carbocycles. The Morgan fingerprint density at radius 3 is 2.59 bits per heavy atom. The van der Waals surface area contributed by atoms with Crippen molar-refractivity contribution in [2.45, 2.75) is 63.1 Å².